The zero-order valence-electron chi connectivity index (χ0n) is 13.6. The molecule has 1 N–H and O–H groups in total. The van der Waals surface area contributed by atoms with E-state index in [4.69, 9.17) is 4.74 Å². The van der Waals surface area contributed by atoms with Gasteiger partial charge < -0.3 is 9.84 Å². The minimum absolute atomic E-state index is 0.217. The minimum Gasteiger partial charge on any atom is -0.480 e. The van der Waals surface area contributed by atoms with Crippen LogP contribution in [0.1, 0.15) is 32.8 Å². The Morgan fingerprint density at radius 1 is 1.30 bits per heavy atom. The van der Waals surface area contributed by atoms with Crippen LogP contribution in [0, 0.1) is 11.7 Å². The second-order valence-electron chi connectivity index (χ2n) is 6.84. The van der Waals surface area contributed by atoms with Crippen molar-refractivity contribution in [1.29, 1.82) is 0 Å². The van der Waals surface area contributed by atoms with Gasteiger partial charge in [-0.25, -0.2) is 14.0 Å². The number of amides is 1. The molecule has 1 fully saturated rings. The fourth-order valence-corrected chi connectivity index (χ4v) is 2.85. The van der Waals surface area contributed by atoms with E-state index in [-0.39, 0.29) is 11.7 Å². The second-order valence-corrected chi connectivity index (χ2v) is 6.84. The highest BCUT2D eigenvalue weighted by Crippen LogP contribution is 2.29. The van der Waals surface area contributed by atoms with E-state index in [0.29, 0.717) is 19.4 Å². The normalized spacial score (nSPS) is 21.3. The first-order valence-corrected chi connectivity index (χ1v) is 7.64. The maximum atomic E-state index is 13.0. The van der Waals surface area contributed by atoms with Gasteiger partial charge in [0.15, 0.2) is 0 Å². The Morgan fingerprint density at radius 2 is 1.91 bits per heavy atom. The van der Waals surface area contributed by atoms with Crippen molar-refractivity contribution in [2.45, 2.75) is 45.3 Å². The van der Waals surface area contributed by atoms with E-state index in [1.165, 1.54) is 17.0 Å². The Labute approximate surface area is 135 Å². The Bertz CT molecular complexity index is 579. The Morgan fingerprint density at radius 3 is 2.43 bits per heavy atom. The summed E-state index contributed by atoms with van der Waals surface area (Å²) in [6.07, 6.45) is 0.455. The third kappa shape index (κ3) is 4.43. The quantitative estimate of drug-likeness (QED) is 0.928. The number of hydrogen-bond acceptors (Lipinski definition) is 3. The largest absolute Gasteiger partial charge is 0.480 e. The molecule has 126 valence electrons. The molecule has 5 nitrogen and oxygen atoms in total. The molecule has 0 spiro atoms. The average molecular weight is 323 g/mol. The summed E-state index contributed by atoms with van der Waals surface area (Å²) in [6, 6.07) is 5.07. The smallest absolute Gasteiger partial charge is 0.411 e. The van der Waals surface area contributed by atoms with Gasteiger partial charge in [-0.3, -0.25) is 4.90 Å². The second kappa shape index (κ2) is 6.56. The van der Waals surface area contributed by atoms with E-state index < -0.39 is 23.7 Å². The first-order valence-electron chi connectivity index (χ1n) is 7.64. The van der Waals surface area contributed by atoms with Crippen LogP contribution in [0.15, 0.2) is 24.3 Å². The summed E-state index contributed by atoms with van der Waals surface area (Å²) in [6.45, 7) is 5.57. The van der Waals surface area contributed by atoms with Gasteiger partial charge >= 0.3 is 12.1 Å². The van der Waals surface area contributed by atoms with E-state index in [1.54, 1.807) is 32.9 Å². The highest BCUT2D eigenvalue weighted by molar-refractivity contribution is 5.81. The lowest BCUT2D eigenvalue weighted by Gasteiger charge is -2.28. The number of halogens is 1. The number of hydrogen-bond donors (Lipinski definition) is 1. The third-order valence-corrected chi connectivity index (χ3v) is 3.82. The van der Waals surface area contributed by atoms with Gasteiger partial charge in [-0.05, 0) is 57.2 Å². The number of carbonyl (C=O) groups is 2. The molecule has 0 bridgehead atoms. The molecule has 1 aromatic carbocycles. The predicted molar refractivity (Wildman–Crippen MR) is 82.6 cm³/mol. The predicted octanol–water partition coefficient (Wildman–Crippen LogP) is 3.08. The third-order valence-electron chi connectivity index (χ3n) is 3.82. The molecule has 0 saturated carbocycles. The summed E-state index contributed by atoms with van der Waals surface area (Å²) >= 11 is 0. The lowest BCUT2D eigenvalue weighted by molar-refractivity contribution is -0.143. The molecule has 1 amide bonds. The van der Waals surface area contributed by atoms with E-state index in [1.807, 2.05) is 0 Å². The van der Waals surface area contributed by atoms with E-state index >= 15 is 0 Å². The number of ether oxygens (including phenoxy) is 1. The molecule has 23 heavy (non-hydrogen) atoms. The highest BCUT2D eigenvalue weighted by Gasteiger charge is 2.43. The molecule has 1 aliphatic heterocycles. The molecule has 2 rings (SSSR count). The maximum absolute atomic E-state index is 13.0. The Balaban J connectivity index is 2.11. The van der Waals surface area contributed by atoms with Gasteiger partial charge in [0, 0.05) is 6.54 Å². The van der Waals surface area contributed by atoms with Crippen molar-refractivity contribution in [2.75, 3.05) is 6.54 Å². The Hall–Kier alpha value is -2.11. The molecule has 6 heteroatoms. The van der Waals surface area contributed by atoms with Crippen molar-refractivity contribution in [2.24, 2.45) is 5.92 Å². The summed E-state index contributed by atoms with van der Waals surface area (Å²) in [4.78, 5) is 25.1. The van der Waals surface area contributed by atoms with Crippen LogP contribution in [0.25, 0.3) is 0 Å². The van der Waals surface area contributed by atoms with Gasteiger partial charge in [0.2, 0.25) is 0 Å². The fraction of sp³-hybridized carbons (Fsp3) is 0.529. The molecule has 2 atom stereocenters. The number of benzene rings is 1. The molecule has 1 aliphatic rings. The molecule has 0 radical (unpaired) electrons. The van der Waals surface area contributed by atoms with Gasteiger partial charge in [-0.2, -0.15) is 0 Å². The number of carboxylic acids is 1. The highest BCUT2D eigenvalue weighted by atomic mass is 19.1. The van der Waals surface area contributed by atoms with Crippen molar-refractivity contribution >= 4 is 12.1 Å². The molecule has 0 unspecified atom stereocenters. The van der Waals surface area contributed by atoms with Gasteiger partial charge in [-0.1, -0.05) is 12.1 Å². The summed E-state index contributed by atoms with van der Waals surface area (Å²) in [5.74, 6) is -1.59. The Kier molecular flexibility index (Phi) is 4.92. The number of carboxylic acid groups (broad SMARTS) is 1. The lowest BCUT2D eigenvalue weighted by Crippen LogP contribution is -2.45. The standard InChI is InChI=1S/C17H22FNO4/c1-17(2,3)23-16(22)19-9-8-12(14(19)15(20)21)10-11-4-6-13(18)7-5-11/h4-7,12,14H,8-10H2,1-3H3,(H,20,21)/t12-,14+/m1/s1. The molecule has 1 aromatic rings. The first-order chi connectivity index (χ1) is 10.7. The summed E-state index contributed by atoms with van der Waals surface area (Å²) in [5, 5.41) is 9.51. The molecule has 1 heterocycles. The van der Waals surface area contributed by atoms with E-state index in [2.05, 4.69) is 0 Å². The van der Waals surface area contributed by atoms with E-state index in [9.17, 15) is 19.1 Å². The zero-order valence-corrected chi connectivity index (χ0v) is 13.6. The van der Waals surface area contributed by atoms with Crippen LogP contribution in [0.2, 0.25) is 0 Å². The van der Waals surface area contributed by atoms with Crippen molar-refractivity contribution in [1.82, 2.24) is 4.90 Å². The topological polar surface area (TPSA) is 66.8 Å². The summed E-state index contributed by atoms with van der Waals surface area (Å²) in [5.41, 5.74) is 0.184. The van der Waals surface area contributed by atoms with Gasteiger partial charge in [0.1, 0.15) is 17.5 Å². The van der Waals surface area contributed by atoms with Crippen LogP contribution < -0.4 is 0 Å². The fourth-order valence-electron chi connectivity index (χ4n) is 2.85. The van der Waals surface area contributed by atoms with E-state index in [0.717, 1.165) is 5.56 Å². The average Bonchev–Trinajstić information content (AvgIpc) is 2.83. The van der Waals surface area contributed by atoms with Crippen molar-refractivity contribution in [3.8, 4) is 0 Å². The SMILES string of the molecule is CC(C)(C)OC(=O)N1CC[C@H](Cc2ccc(F)cc2)[C@H]1C(=O)O. The lowest BCUT2D eigenvalue weighted by atomic mass is 9.92. The monoisotopic (exact) mass is 323 g/mol. The van der Waals surface area contributed by atoms with Crippen molar-refractivity contribution in [3.05, 3.63) is 35.6 Å². The zero-order chi connectivity index (χ0) is 17.2. The maximum Gasteiger partial charge on any atom is 0.411 e. The number of rotatable bonds is 3. The van der Waals surface area contributed by atoms with Crippen LogP contribution in [-0.4, -0.2) is 40.3 Å². The molecule has 0 aliphatic carbocycles. The molecule has 1 saturated heterocycles. The summed E-state index contributed by atoms with van der Waals surface area (Å²) < 4.78 is 18.3. The van der Waals surface area contributed by atoms with Crippen molar-refractivity contribution in [3.63, 3.8) is 0 Å². The van der Waals surface area contributed by atoms with Crippen LogP contribution >= 0.6 is 0 Å². The van der Waals surface area contributed by atoms with Crippen LogP contribution in [0.3, 0.4) is 0 Å². The van der Waals surface area contributed by atoms with Gasteiger partial charge in [-0.15, -0.1) is 0 Å². The molecular weight excluding hydrogens is 301 g/mol. The number of nitrogens with zero attached hydrogens (tertiary/aromatic N) is 1. The van der Waals surface area contributed by atoms with Gasteiger partial charge in [0.05, 0.1) is 0 Å². The molecular formula is C17H22FNO4. The number of aliphatic carboxylic acids is 1. The van der Waals surface area contributed by atoms with Gasteiger partial charge in [0.25, 0.3) is 0 Å². The van der Waals surface area contributed by atoms with Crippen LogP contribution in [0.4, 0.5) is 9.18 Å². The summed E-state index contributed by atoms with van der Waals surface area (Å²) in [7, 11) is 0. The number of likely N-dealkylation sites (tertiary alicyclic amines) is 1. The van der Waals surface area contributed by atoms with Crippen LogP contribution in [-0.2, 0) is 16.0 Å². The number of carbonyl (C=O) groups excluding carboxylic acids is 1. The van der Waals surface area contributed by atoms with Crippen LogP contribution in [0.5, 0.6) is 0 Å². The first kappa shape index (κ1) is 17.2. The minimum atomic E-state index is -1.04. The molecule has 0 aromatic heterocycles. The van der Waals surface area contributed by atoms with Crippen molar-refractivity contribution < 1.29 is 23.8 Å².